The highest BCUT2D eigenvalue weighted by molar-refractivity contribution is 5.79. The lowest BCUT2D eigenvalue weighted by Crippen LogP contribution is -2.54. The number of rotatable bonds is 3. The van der Waals surface area contributed by atoms with Gasteiger partial charge < -0.3 is 20.6 Å². The molecule has 0 radical (unpaired) electrons. The van der Waals surface area contributed by atoms with Crippen molar-refractivity contribution in [2.75, 3.05) is 19.6 Å². The molecule has 2 aliphatic rings. The largest absolute Gasteiger partial charge is 0.481 e. The van der Waals surface area contributed by atoms with Gasteiger partial charge in [0.25, 0.3) is 0 Å². The first kappa shape index (κ1) is 15.6. The SMILES string of the molecule is CCC1(C(=O)O)CCN(C(=O)NC2CCC(=O)NC2)CC1. The molecule has 0 bridgehead atoms. The minimum Gasteiger partial charge on any atom is -0.481 e. The number of nitrogens with zero attached hydrogens (tertiary/aromatic N) is 1. The van der Waals surface area contributed by atoms with Gasteiger partial charge in [-0.15, -0.1) is 0 Å². The third-order valence-electron chi connectivity index (χ3n) is 4.73. The lowest BCUT2D eigenvalue weighted by Gasteiger charge is -2.39. The minimum absolute atomic E-state index is 0.0210. The summed E-state index contributed by atoms with van der Waals surface area (Å²) in [6, 6.07) is -0.196. The highest BCUT2D eigenvalue weighted by Gasteiger charge is 2.41. The number of hydrogen-bond acceptors (Lipinski definition) is 3. The molecule has 0 aliphatic carbocycles. The van der Waals surface area contributed by atoms with E-state index in [0.717, 1.165) is 0 Å². The van der Waals surface area contributed by atoms with Gasteiger partial charge in [0, 0.05) is 32.1 Å². The zero-order chi connectivity index (χ0) is 15.5. The molecule has 0 spiro atoms. The molecule has 1 atom stereocenters. The second-order valence-electron chi connectivity index (χ2n) is 5.92. The van der Waals surface area contributed by atoms with Crippen molar-refractivity contribution in [3.8, 4) is 0 Å². The Kier molecular flexibility index (Phi) is 4.69. The van der Waals surface area contributed by atoms with Gasteiger partial charge in [0.1, 0.15) is 0 Å². The summed E-state index contributed by atoms with van der Waals surface area (Å²) in [5, 5.41) is 15.0. The molecule has 3 N–H and O–H groups in total. The summed E-state index contributed by atoms with van der Waals surface area (Å²) in [4.78, 5) is 36.3. The van der Waals surface area contributed by atoms with Crippen molar-refractivity contribution in [3.63, 3.8) is 0 Å². The standard InChI is InChI=1S/C14H23N3O4/c1-2-14(12(19)20)5-7-17(8-6-14)13(21)16-10-3-4-11(18)15-9-10/h10H,2-9H2,1H3,(H,15,18)(H,16,21)(H,19,20). The number of hydrogen-bond donors (Lipinski definition) is 3. The lowest BCUT2D eigenvalue weighted by atomic mass is 9.76. The first-order chi connectivity index (χ1) is 9.97. The van der Waals surface area contributed by atoms with Gasteiger partial charge in [-0.25, -0.2) is 4.79 Å². The summed E-state index contributed by atoms with van der Waals surface area (Å²) < 4.78 is 0. The molecule has 1 unspecified atom stereocenters. The fraction of sp³-hybridized carbons (Fsp3) is 0.786. The van der Waals surface area contributed by atoms with Crippen LogP contribution in [-0.4, -0.2) is 53.6 Å². The highest BCUT2D eigenvalue weighted by Crippen LogP contribution is 2.35. The van der Waals surface area contributed by atoms with Crippen LogP contribution in [-0.2, 0) is 9.59 Å². The maximum atomic E-state index is 12.2. The van der Waals surface area contributed by atoms with E-state index in [-0.39, 0.29) is 18.0 Å². The summed E-state index contributed by atoms with van der Waals surface area (Å²) in [7, 11) is 0. The van der Waals surface area contributed by atoms with Gasteiger partial charge in [0.2, 0.25) is 5.91 Å². The Balaban J connectivity index is 1.83. The van der Waals surface area contributed by atoms with Gasteiger partial charge in [-0.1, -0.05) is 6.92 Å². The Morgan fingerprint density at radius 3 is 2.57 bits per heavy atom. The molecular formula is C14H23N3O4. The maximum Gasteiger partial charge on any atom is 0.317 e. The van der Waals surface area contributed by atoms with Crippen LogP contribution in [0.4, 0.5) is 4.79 Å². The fourth-order valence-electron chi connectivity index (χ4n) is 2.98. The summed E-state index contributed by atoms with van der Waals surface area (Å²) >= 11 is 0. The number of urea groups is 1. The van der Waals surface area contributed by atoms with Crippen LogP contribution in [0.25, 0.3) is 0 Å². The fourth-order valence-corrected chi connectivity index (χ4v) is 2.98. The number of carbonyl (C=O) groups is 3. The number of amides is 3. The smallest absolute Gasteiger partial charge is 0.317 e. The van der Waals surface area contributed by atoms with E-state index in [1.807, 2.05) is 6.92 Å². The normalized spacial score (nSPS) is 25.1. The van der Waals surface area contributed by atoms with Crippen molar-refractivity contribution in [2.24, 2.45) is 5.41 Å². The number of likely N-dealkylation sites (tertiary alicyclic amines) is 1. The molecule has 2 heterocycles. The first-order valence-corrected chi connectivity index (χ1v) is 7.52. The zero-order valence-electron chi connectivity index (χ0n) is 12.4. The molecule has 0 aromatic heterocycles. The van der Waals surface area contributed by atoms with Crippen molar-refractivity contribution in [2.45, 2.75) is 45.1 Å². The van der Waals surface area contributed by atoms with Crippen LogP contribution >= 0.6 is 0 Å². The number of carboxylic acid groups (broad SMARTS) is 1. The van der Waals surface area contributed by atoms with E-state index in [2.05, 4.69) is 10.6 Å². The van der Waals surface area contributed by atoms with E-state index in [1.54, 1.807) is 4.90 Å². The molecule has 21 heavy (non-hydrogen) atoms. The van der Waals surface area contributed by atoms with Gasteiger partial charge >= 0.3 is 12.0 Å². The zero-order valence-corrected chi connectivity index (χ0v) is 12.4. The maximum absolute atomic E-state index is 12.2. The monoisotopic (exact) mass is 297 g/mol. The molecule has 0 aromatic carbocycles. The predicted octanol–water partition coefficient (Wildman–Crippen LogP) is 0.551. The Hall–Kier alpha value is -1.79. The molecule has 2 fully saturated rings. The average molecular weight is 297 g/mol. The van der Waals surface area contributed by atoms with Crippen molar-refractivity contribution < 1.29 is 19.5 Å². The van der Waals surface area contributed by atoms with Crippen LogP contribution in [0.15, 0.2) is 0 Å². The quantitative estimate of drug-likeness (QED) is 0.708. The number of piperidine rings is 2. The topological polar surface area (TPSA) is 98.7 Å². The van der Waals surface area contributed by atoms with E-state index in [0.29, 0.717) is 51.7 Å². The van der Waals surface area contributed by atoms with Gasteiger partial charge in [0.05, 0.1) is 5.41 Å². The van der Waals surface area contributed by atoms with Crippen LogP contribution < -0.4 is 10.6 Å². The Morgan fingerprint density at radius 1 is 1.43 bits per heavy atom. The third kappa shape index (κ3) is 3.46. The van der Waals surface area contributed by atoms with Gasteiger partial charge in [-0.3, -0.25) is 9.59 Å². The summed E-state index contributed by atoms with van der Waals surface area (Å²) in [6.07, 6.45) is 2.66. The first-order valence-electron chi connectivity index (χ1n) is 7.52. The van der Waals surface area contributed by atoms with Crippen molar-refractivity contribution in [1.29, 1.82) is 0 Å². The van der Waals surface area contributed by atoms with E-state index in [4.69, 9.17) is 0 Å². The van der Waals surface area contributed by atoms with Crippen LogP contribution in [0, 0.1) is 5.41 Å². The van der Waals surface area contributed by atoms with Crippen molar-refractivity contribution in [3.05, 3.63) is 0 Å². The summed E-state index contributed by atoms with van der Waals surface area (Å²) in [5.41, 5.74) is -0.685. The molecule has 2 aliphatic heterocycles. The van der Waals surface area contributed by atoms with Crippen LogP contribution in [0.1, 0.15) is 39.0 Å². The molecule has 0 saturated carbocycles. The molecule has 2 rings (SSSR count). The minimum atomic E-state index is -0.764. The van der Waals surface area contributed by atoms with E-state index >= 15 is 0 Å². The number of carbonyl (C=O) groups excluding carboxylic acids is 2. The molecule has 118 valence electrons. The van der Waals surface area contributed by atoms with Crippen LogP contribution in [0.2, 0.25) is 0 Å². The second kappa shape index (κ2) is 6.32. The molecular weight excluding hydrogens is 274 g/mol. The Morgan fingerprint density at radius 2 is 2.10 bits per heavy atom. The van der Waals surface area contributed by atoms with Crippen molar-refractivity contribution in [1.82, 2.24) is 15.5 Å². The highest BCUT2D eigenvalue weighted by atomic mass is 16.4. The van der Waals surface area contributed by atoms with Gasteiger partial charge in [-0.2, -0.15) is 0 Å². The third-order valence-corrected chi connectivity index (χ3v) is 4.73. The second-order valence-corrected chi connectivity index (χ2v) is 5.92. The number of aliphatic carboxylic acids is 1. The summed E-state index contributed by atoms with van der Waals surface area (Å²) in [6.45, 7) is 3.27. The number of carboxylic acids is 1. The Bertz CT molecular complexity index is 420. The van der Waals surface area contributed by atoms with E-state index in [1.165, 1.54) is 0 Å². The summed E-state index contributed by atoms with van der Waals surface area (Å²) in [5.74, 6) is -0.743. The van der Waals surface area contributed by atoms with Gasteiger partial charge in [0.15, 0.2) is 0 Å². The van der Waals surface area contributed by atoms with E-state index < -0.39 is 11.4 Å². The molecule has 0 aromatic rings. The van der Waals surface area contributed by atoms with Crippen LogP contribution in [0.5, 0.6) is 0 Å². The molecule has 2 saturated heterocycles. The van der Waals surface area contributed by atoms with Crippen LogP contribution in [0.3, 0.4) is 0 Å². The number of nitrogens with one attached hydrogen (secondary N) is 2. The average Bonchev–Trinajstić information content (AvgIpc) is 2.49. The Labute approximate surface area is 124 Å². The van der Waals surface area contributed by atoms with Crippen molar-refractivity contribution >= 4 is 17.9 Å². The van der Waals surface area contributed by atoms with Gasteiger partial charge in [-0.05, 0) is 25.7 Å². The predicted molar refractivity (Wildman–Crippen MR) is 75.7 cm³/mol. The molecule has 3 amide bonds. The molecule has 7 nitrogen and oxygen atoms in total. The lowest BCUT2D eigenvalue weighted by molar-refractivity contribution is -0.152. The molecule has 7 heteroatoms. The van der Waals surface area contributed by atoms with E-state index in [9.17, 15) is 19.5 Å².